The van der Waals surface area contributed by atoms with E-state index in [1.54, 1.807) is 80.5 Å². The van der Waals surface area contributed by atoms with Gasteiger partial charge in [0.2, 0.25) is 11.4 Å². The van der Waals surface area contributed by atoms with Gasteiger partial charge in [-0.1, -0.05) is 206 Å². The number of rotatable bonds is 12. The smallest absolute Gasteiger partial charge is 0.876 e. The van der Waals surface area contributed by atoms with Crippen molar-refractivity contribution in [3.8, 4) is 0 Å². The maximum absolute atomic E-state index is 11.2. The number of allylic oxidation sites excluding steroid dienone is 6. The molecule has 3 rings (SSSR count). The number of aliphatic imine (C=N–C) groups is 1. The SMILES string of the molecule is CC(/C=C(/C)[O-])=Nc1c(C(C)C)cccc1C(C)C.CC(/C=C(/C)[O-])=[NH+]c1c(C(C)C)cccc1C(C)C.CC(/C=C(/C)[O-])=[NH+]c1c(C(C)C)cccc1C(C)C.CC(C)[O-].CC(C)[O-].CC(C)[O-].[Ca+2].[Ca+2].[Ca+2]. The van der Waals surface area contributed by atoms with E-state index in [-0.39, 0.29) is 130 Å². The van der Waals surface area contributed by atoms with Crippen LogP contribution in [-0.2, 0) is 0 Å². The molecule has 0 heterocycles. The molecule has 0 aromatic heterocycles. The van der Waals surface area contributed by atoms with Crippen LogP contribution in [0.4, 0.5) is 17.1 Å². The zero-order valence-corrected chi connectivity index (χ0v) is 56.3. The minimum absolute atomic E-state index is 0. The van der Waals surface area contributed by atoms with Crippen LogP contribution in [0.3, 0.4) is 0 Å². The van der Waals surface area contributed by atoms with Crippen LogP contribution in [0.2, 0.25) is 0 Å². The van der Waals surface area contributed by atoms with Crippen LogP contribution in [0.1, 0.15) is 235 Å². The molecule has 0 aliphatic carbocycles. The van der Waals surface area contributed by atoms with E-state index in [0.717, 1.165) is 34.2 Å². The van der Waals surface area contributed by atoms with Crippen molar-refractivity contribution in [2.24, 2.45) is 4.99 Å². The second kappa shape index (κ2) is 45.0. The molecular formula is C60H95Ca3N3O6+2. The summed E-state index contributed by atoms with van der Waals surface area (Å²) in [6.45, 7) is 46.3. The van der Waals surface area contributed by atoms with Crippen molar-refractivity contribution in [1.82, 2.24) is 0 Å². The average molecular weight is 1070 g/mol. The Kier molecular flexibility index (Phi) is 51.5. The van der Waals surface area contributed by atoms with E-state index in [1.165, 1.54) is 33.4 Å². The molecule has 390 valence electrons. The predicted octanol–water partition coefficient (Wildman–Crippen LogP) is 7.15. The Morgan fingerprint density at radius 2 is 0.569 bits per heavy atom. The Bertz CT molecular complexity index is 1780. The predicted molar refractivity (Wildman–Crippen MR) is 303 cm³/mol. The van der Waals surface area contributed by atoms with Gasteiger partial charge in [0.15, 0.2) is 11.4 Å². The number of para-hydroxylation sites is 3. The van der Waals surface area contributed by atoms with Gasteiger partial charge in [-0.3, -0.25) is 4.99 Å². The first-order valence-corrected chi connectivity index (χ1v) is 24.9. The average Bonchev–Trinajstić information content (AvgIpc) is 3.16. The molecule has 12 heteroatoms. The quantitative estimate of drug-likeness (QED) is 0.111. The van der Waals surface area contributed by atoms with Crippen LogP contribution in [-0.4, -0.2) is 149 Å². The number of benzene rings is 3. The standard InChI is InChI=1S/3C17H25NO.3C3H7O.3Ca/c3*1-11(2)15-8-7-9-16(12(3)4)17(15)18-13(5)10-14(6)19;3*1-3(2)4;;;/h3*7-12,19H,1-6H3;3*3H,1-2H3;;;/q;;;3*-1;3*+2/p-1/b3*14-10-,18-13?;;;;;;. The fraction of sp³-hybridized carbons (Fsp3) is 0.550. The van der Waals surface area contributed by atoms with E-state index in [1.807, 2.05) is 20.8 Å². The summed E-state index contributed by atoms with van der Waals surface area (Å²) in [5.41, 5.74) is 13.5. The van der Waals surface area contributed by atoms with Gasteiger partial charge in [0.25, 0.3) is 0 Å². The maximum atomic E-state index is 11.2. The van der Waals surface area contributed by atoms with E-state index in [0.29, 0.717) is 35.5 Å². The van der Waals surface area contributed by atoms with Gasteiger partial charge in [-0.15, -0.1) is 35.6 Å². The fourth-order valence-corrected chi connectivity index (χ4v) is 6.61. The topological polar surface area (TPSA) is 179 Å². The summed E-state index contributed by atoms with van der Waals surface area (Å²) < 4.78 is 0. The Balaban J connectivity index is -0.000000199. The van der Waals surface area contributed by atoms with Gasteiger partial charge in [0.05, 0.1) is 5.69 Å². The van der Waals surface area contributed by atoms with Gasteiger partial charge in [-0.2, -0.15) is 0 Å². The molecule has 0 amide bonds. The zero-order valence-electron chi connectivity index (χ0n) is 49.6. The van der Waals surface area contributed by atoms with E-state index >= 15 is 0 Å². The van der Waals surface area contributed by atoms with Crippen molar-refractivity contribution in [2.45, 2.75) is 220 Å². The first kappa shape index (κ1) is 82.3. The van der Waals surface area contributed by atoms with Crippen LogP contribution in [0.15, 0.2) is 95.1 Å². The first-order chi connectivity index (χ1) is 31.7. The van der Waals surface area contributed by atoms with Gasteiger partial charge in [-0.25, -0.2) is 9.98 Å². The second-order valence-corrected chi connectivity index (χ2v) is 20.1. The molecule has 9 nitrogen and oxygen atoms in total. The van der Waals surface area contributed by atoms with Gasteiger partial charge in [0, 0.05) is 41.8 Å². The summed E-state index contributed by atoms with van der Waals surface area (Å²) in [6.07, 6.45) is 3.61. The molecule has 0 fully saturated rings. The van der Waals surface area contributed by atoms with Gasteiger partial charge >= 0.3 is 113 Å². The molecule has 2 N–H and O–H groups in total. The van der Waals surface area contributed by atoms with Crippen LogP contribution in [0.5, 0.6) is 0 Å². The number of nitrogens with zero attached hydrogens (tertiary/aromatic N) is 1. The molecule has 0 spiro atoms. The minimum atomic E-state index is -0.417. The largest absolute Gasteiger partial charge is 2.00 e. The van der Waals surface area contributed by atoms with Crippen molar-refractivity contribution in [3.63, 3.8) is 0 Å². The molecule has 3 aromatic carbocycles. The number of nitrogens with one attached hydrogen (secondary N) is 2. The van der Waals surface area contributed by atoms with E-state index in [9.17, 15) is 30.6 Å². The van der Waals surface area contributed by atoms with Gasteiger partial charge in [0.1, 0.15) is 0 Å². The van der Waals surface area contributed by atoms with Crippen LogP contribution >= 0.6 is 0 Å². The Morgan fingerprint density at radius 1 is 0.375 bits per heavy atom. The van der Waals surface area contributed by atoms with Crippen LogP contribution < -0.4 is 40.6 Å². The molecule has 0 saturated carbocycles. The molecule has 0 bridgehead atoms. The molecule has 0 aliphatic heterocycles. The van der Waals surface area contributed by atoms with Crippen LogP contribution in [0, 0.1) is 0 Å². The van der Waals surface area contributed by atoms with E-state index in [2.05, 4.69) is 153 Å². The molecule has 0 aliphatic rings. The van der Waals surface area contributed by atoms with Crippen molar-refractivity contribution >= 4 is 147 Å². The zero-order chi connectivity index (χ0) is 54.5. The normalized spacial score (nSPS) is 12.2. The molecule has 72 heavy (non-hydrogen) atoms. The number of hydrogen-bond acceptors (Lipinski definition) is 7. The summed E-state index contributed by atoms with van der Waals surface area (Å²) in [6, 6.07) is 19.2. The van der Waals surface area contributed by atoms with E-state index in [4.69, 9.17) is 0 Å². The Morgan fingerprint density at radius 3 is 0.750 bits per heavy atom. The third kappa shape index (κ3) is 40.2. The van der Waals surface area contributed by atoms with Gasteiger partial charge in [-0.05, 0) is 65.7 Å². The van der Waals surface area contributed by atoms with Crippen molar-refractivity contribution in [1.29, 1.82) is 0 Å². The summed E-state index contributed by atoms with van der Waals surface area (Å²) in [5, 5.41) is 62.1. The van der Waals surface area contributed by atoms with Crippen LogP contribution in [0.25, 0.3) is 0 Å². The molecule has 0 saturated heterocycles. The van der Waals surface area contributed by atoms with Crippen molar-refractivity contribution < 1.29 is 40.6 Å². The minimum Gasteiger partial charge on any atom is -0.876 e. The summed E-state index contributed by atoms with van der Waals surface area (Å²) in [4.78, 5) is 11.5. The Hall–Kier alpha value is -1.05. The molecule has 0 atom stereocenters. The third-order valence-electron chi connectivity index (χ3n) is 9.27. The Labute approximate surface area is 530 Å². The summed E-state index contributed by atoms with van der Waals surface area (Å²) in [7, 11) is 0. The molecule has 0 radical (unpaired) electrons. The summed E-state index contributed by atoms with van der Waals surface area (Å²) >= 11 is 0. The molecule has 0 unspecified atom stereocenters. The van der Waals surface area contributed by atoms with Crippen molar-refractivity contribution in [2.75, 3.05) is 0 Å². The van der Waals surface area contributed by atoms with Crippen molar-refractivity contribution in [3.05, 3.63) is 123 Å². The maximum Gasteiger partial charge on any atom is 2.00 e. The summed E-state index contributed by atoms with van der Waals surface area (Å²) in [5.74, 6) is 2.81. The van der Waals surface area contributed by atoms with Gasteiger partial charge < -0.3 is 30.6 Å². The monoisotopic (exact) mass is 1070 g/mol. The number of hydrogen-bond donors (Lipinski definition) is 2. The van der Waals surface area contributed by atoms with E-state index < -0.39 is 18.3 Å². The second-order valence-electron chi connectivity index (χ2n) is 20.1. The fourth-order valence-electron chi connectivity index (χ4n) is 6.61. The first-order valence-electron chi connectivity index (χ1n) is 24.9. The molecular weight excluding hydrogens is 979 g/mol. The third-order valence-corrected chi connectivity index (χ3v) is 9.27. The molecule has 3 aromatic rings.